The number of carbonyl (C=O) groups is 1. The molecule has 0 bridgehead atoms. The molecule has 2 aromatic carbocycles. The smallest absolute Gasteiger partial charge is 0.251 e. The molecular formula is C18H19ClF2N2O2. The minimum atomic E-state index is -0.967. The van der Waals surface area contributed by atoms with Gasteiger partial charge in [0.15, 0.2) is 11.6 Å². The summed E-state index contributed by atoms with van der Waals surface area (Å²) in [6.07, 6.45) is 1.84. The molecule has 1 heterocycles. The molecule has 3 rings (SSSR count). The number of nitrogens with one attached hydrogen (secondary N) is 2. The summed E-state index contributed by atoms with van der Waals surface area (Å²) in [6, 6.07) is 10.1. The van der Waals surface area contributed by atoms with Crippen LogP contribution < -0.4 is 15.4 Å². The summed E-state index contributed by atoms with van der Waals surface area (Å²) in [4.78, 5) is 12.2. The van der Waals surface area contributed by atoms with Crippen LogP contribution in [0, 0.1) is 11.6 Å². The zero-order chi connectivity index (χ0) is 16.9. The quantitative estimate of drug-likeness (QED) is 0.866. The highest BCUT2D eigenvalue weighted by Gasteiger charge is 2.16. The summed E-state index contributed by atoms with van der Waals surface area (Å²) in [5, 5.41) is 6.25. The SMILES string of the molecule is Cl.O=C(NC1CCNCC1)c1ccc(Oc2ccc(F)c(F)c2)cc1. The summed E-state index contributed by atoms with van der Waals surface area (Å²) in [5.74, 6) is -1.38. The average molecular weight is 369 g/mol. The van der Waals surface area contributed by atoms with E-state index in [1.54, 1.807) is 24.3 Å². The molecular weight excluding hydrogens is 350 g/mol. The van der Waals surface area contributed by atoms with Crippen LogP contribution in [0.15, 0.2) is 42.5 Å². The third-order valence-corrected chi connectivity index (χ3v) is 3.92. The van der Waals surface area contributed by atoms with Crippen molar-refractivity contribution in [2.75, 3.05) is 13.1 Å². The Kier molecular flexibility index (Phi) is 6.73. The first-order valence-electron chi connectivity index (χ1n) is 7.86. The Bertz CT molecular complexity index is 720. The van der Waals surface area contributed by atoms with Gasteiger partial charge in [0.1, 0.15) is 11.5 Å². The number of hydrogen-bond donors (Lipinski definition) is 2. The lowest BCUT2D eigenvalue weighted by Crippen LogP contribution is -2.42. The van der Waals surface area contributed by atoms with Crippen molar-refractivity contribution in [3.63, 3.8) is 0 Å². The molecule has 1 saturated heterocycles. The van der Waals surface area contributed by atoms with Crippen LogP contribution in [0.3, 0.4) is 0 Å². The summed E-state index contributed by atoms with van der Waals surface area (Å²) in [6.45, 7) is 1.82. The molecule has 0 radical (unpaired) electrons. The molecule has 0 spiro atoms. The first-order chi connectivity index (χ1) is 11.6. The van der Waals surface area contributed by atoms with Crippen LogP contribution in [0.1, 0.15) is 23.2 Å². The second kappa shape index (κ2) is 8.78. The summed E-state index contributed by atoms with van der Waals surface area (Å²) >= 11 is 0. The number of ether oxygens (including phenoxy) is 1. The highest BCUT2D eigenvalue weighted by Crippen LogP contribution is 2.23. The van der Waals surface area contributed by atoms with E-state index in [4.69, 9.17) is 4.74 Å². The van der Waals surface area contributed by atoms with Gasteiger partial charge in [0.25, 0.3) is 5.91 Å². The second-order valence-electron chi connectivity index (χ2n) is 5.70. The first-order valence-corrected chi connectivity index (χ1v) is 7.86. The maximum absolute atomic E-state index is 13.2. The molecule has 0 atom stereocenters. The molecule has 1 fully saturated rings. The van der Waals surface area contributed by atoms with Gasteiger partial charge in [0.05, 0.1) is 0 Å². The number of piperidine rings is 1. The van der Waals surface area contributed by atoms with Crippen molar-refractivity contribution in [1.29, 1.82) is 0 Å². The van der Waals surface area contributed by atoms with Crippen LogP contribution in [0.5, 0.6) is 11.5 Å². The Morgan fingerprint density at radius 2 is 1.64 bits per heavy atom. The lowest BCUT2D eigenvalue weighted by molar-refractivity contribution is 0.0929. The highest BCUT2D eigenvalue weighted by atomic mass is 35.5. The number of benzene rings is 2. The minimum Gasteiger partial charge on any atom is -0.457 e. The summed E-state index contributed by atoms with van der Waals surface area (Å²) in [5.41, 5.74) is 0.533. The van der Waals surface area contributed by atoms with Gasteiger partial charge in [-0.2, -0.15) is 0 Å². The Balaban J connectivity index is 0.00000225. The molecule has 25 heavy (non-hydrogen) atoms. The number of carbonyl (C=O) groups excluding carboxylic acids is 1. The molecule has 2 N–H and O–H groups in total. The standard InChI is InChI=1S/C18H18F2N2O2.ClH/c19-16-6-5-15(11-17(16)20)24-14-3-1-12(2-4-14)18(23)22-13-7-9-21-10-8-13;/h1-6,11,13,21H,7-10H2,(H,22,23);1H. The maximum atomic E-state index is 13.2. The zero-order valence-electron chi connectivity index (χ0n) is 13.4. The van der Waals surface area contributed by atoms with E-state index in [1.807, 2.05) is 0 Å². The van der Waals surface area contributed by atoms with Crippen LogP contribution in [-0.2, 0) is 0 Å². The first kappa shape index (κ1) is 19.1. The predicted octanol–water partition coefficient (Wildman–Crippen LogP) is 3.66. The van der Waals surface area contributed by atoms with Gasteiger partial charge < -0.3 is 15.4 Å². The Hall–Kier alpha value is -2.18. The lowest BCUT2D eigenvalue weighted by Gasteiger charge is -2.23. The Morgan fingerprint density at radius 1 is 1.00 bits per heavy atom. The summed E-state index contributed by atoms with van der Waals surface area (Å²) in [7, 11) is 0. The van der Waals surface area contributed by atoms with Crippen molar-refractivity contribution in [3.05, 3.63) is 59.7 Å². The molecule has 0 aromatic heterocycles. The van der Waals surface area contributed by atoms with E-state index in [2.05, 4.69) is 10.6 Å². The van der Waals surface area contributed by atoms with Crippen LogP contribution in [0.2, 0.25) is 0 Å². The highest BCUT2D eigenvalue weighted by molar-refractivity contribution is 5.94. The molecule has 0 aliphatic carbocycles. The fourth-order valence-electron chi connectivity index (χ4n) is 2.59. The largest absolute Gasteiger partial charge is 0.457 e. The van der Waals surface area contributed by atoms with Crippen molar-refractivity contribution in [1.82, 2.24) is 10.6 Å². The van der Waals surface area contributed by atoms with E-state index in [0.717, 1.165) is 38.1 Å². The van der Waals surface area contributed by atoms with Crippen molar-refractivity contribution >= 4 is 18.3 Å². The van der Waals surface area contributed by atoms with Gasteiger partial charge in [-0.25, -0.2) is 8.78 Å². The maximum Gasteiger partial charge on any atom is 0.251 e. The van der Waals surface area contributed by atoms with Crippen molar-refractivity contribution in [2.45, 2.75) is 18.9 Å². The van der Waals surface area contributed by atoms with Gasteiger partial charge >= 0.3 is 0 Å². The van der Waals surface area contributed by atoms with Gasteiger partial charge in [0, 0.05) is 17.7 Å². The molecule has 1 amide bonds. The molecule has 1 aliphatic rings. The van der Waals surface area contributed by atoms with Crippen LogP contribution in [0.25, 0.3) is 0 Å². The topological polar surface area (TPSA) is 50.4 Å². The van der Waals surface area contributed by atoms with E-state index in [0.29, 0.717) is 11.3 Å². The van der Waals surface area contributed by atoms with Gasteiger partial charge in [-0.05, 0) is 62.3 Å². The summed E-state index contributed by atoms with van der Waals surface area (Å²) < 4.78 is 31.5. The van der Waals surface area contributed by atoms with E-state index in [1.165, 1.54) is 6.07 Å². The van der Waals surface area contributed by atoms with Crippen LogP contribution >= 0.6 is 12.4 Å². The van der Waals surface area contributed by atoms with Crippen LogP contribution in [-0.4, -0.2) is 25.0 Å². The fourth-order valence-corrected chi connectivity index (χ4v) is 2.59. The molecule has 0 saturated carbocycles. The third kappa shape index (κ3) is 5.14. The van der Waals surface area contributed by atoms with Crippen molar-refractivity contribution in [3.8, 4) is 11.5 Å². The number of halogens is 3. The van der Waals surface area contributed by atoms with Gasteiger partial charge in [0.2, 0.25) is 0 Å². The third-order valence-electron chi connectivity index (χ3n) is 3.92. The molecule has 7 heteroatoms. The number of rotatable bonds is 4. The molecule has 134 valence electrons. The van der Waals surface area contributed by atoms with E-state index < -0.39 is 11.6 Å². The zero-order valence-corrected chi connectivity index (χ0v) is 14.2. The molecule has 4 nitrogen and oxygen atoms in total. The average Bonchev–Trinajstić information content (AvgIpc) is 2.60. The lowest BCUT2D eigenvalue weighted by atomic mass is 10.1. The van der Waals surface area contributed by atoms with Crippen molar-refractivity contribution < 1.29 is 18.3 Å². The number of hydrogen-bond acceptors (Lipinski definition) is 3. The van der Waals surface area contributed by atoms with E-state index >= 15 is 0 Å². The molecule has 2 aromatic rings. The van der Waals surface area contributed by atoms with Gasteiger partial charge in [-0.1, -0.05) is 0 Å². The minimum absolute atomic E-state index is 0. The fraction of sp³-hybridized carbons (Fsp3) is 0.278. The van der Waals surface area contributed by atoms with Gasteiger partial charge in [-0.15, -0.1) is 12.4 Å². The predicted molar refractivity (Wildman–Crippen MR) is 93.5 cm³/mol. The van der Waals surface area contributed by atoms with Crippen molar-refractivity contribution in [2.24, 2.45) is 0 Å². The number of amides is 1. The molecule has 0 unspecified atom stereocenters. The van der Waals surface area contributed by atoms with E-state index in [9.17, 15) is 13.6 Å². The Labute approximate surface area is 151 Å². The van der Waals surface area contributed by atoms with E-state index in [-0.39, 0.29) is 30.1 Å². The van der Waals surface area contributed by atoms with Gasteiger partial charge in [-0.3, -0.25) is 4.79 Å². The normalized spacial score (nSPS) is 14.5. The monoisotopic (exact) mass is 368 g/mol. The molecule has 1 aliphatic heterocycles. The Morgan fingerprint density at radius 3 is 2.28 bits per heavy atom. The second-order valence-corrected chi connectivity index (χ2v) is 5.70. The van der Waals surface area contributed by atoms with Crippen LogP contribution in [0.4, 0.5) is 8.78 Å².